The Balaban J connectivity index is 1.78. The summed E-state index contributed by atoms with van der Waals surface area (Å²) in [5.74, 6) is 1.19. The van der Waals surface area contributed by atoms with Crippen molar-refractivity contribution in [3.63, 3.8) is 0 Å². The number of aryl methyl sites for hydroxylation is 1. The van der Waals surface area contributed by atoms with Crippen LogP contribution in [-0.4, -0.2) is 61.9 Å². The van der Waals surface area contributed by atoms with Crippen molar-refractivity contribution < 1.29 is 9.59 Å². The average molecular weight is 389 g/mol. The van der Waals surface area contributed by atoms with E-state index in [1.54, 1.807) is 38.3 Å². The lowest BCUT2D eigenvalue weighted by atomic mass is 9.84. The van der Waals surface area contributed by atoms with E-state index in [1.807, 2.05) is 13.0 Å². The van der Waals surface area contributed by atoms with Crippen LogP contribution in [0.25, 0.3) is 0 Å². The molecule has 1 heterocycles. The van der Waals surface area contributed by atoms with E-state index in [0.717, 1.165) is 31.2 Å². The Bertz CT molecular complexity index is 693. The third-order valence-corrected chi connectivity index (χ3v) is 5.06. The maximum absolute atomic E-state index is 12.6. The lowest BCUT2D eigenvalue weighted by Gasteiger charge is -2.31. The van der Waals surface area contributed by atoms with Gasteiger partial charge in [-0.2, -0.15) is 0 Å². The molecule has 8 nitrogen and oxygen atoms in total. The second kappa shape index (κ2) is 10.1. The number of hydrogen-bond donors (Lipinski definition) is 3. The van der Waals surface area contributed by atoms with Gasteiger partial charge in [0.05, 0.1) is 5.41 Å². The number of anilines is 1. The molecule has 1 aliphatic rings. The summed E-state index contributed by atoms with van der Waals surface area (Å²) in [7, 11) is 5.29. The van der Waals surface area contributed by atoms with Crippen molar-refractivity contribution in [2.45, 2.75) is 39.0 Å². The second-order valence-electron chi connectivity index (χ2n) is 7.56. The molecule has 0 unspecified atom stereocenters. The molecule has 28 heavy (non-hydrogen) atoms. The summed E-state index contributed by atoms with van der Waals surface area (Å²) < 4.78 is 0. The maximum atomic E-state index is 12.6. The number of carbonyl (C=O) groups is 2. The summed E-state index contributed by atoms with van der Waals surface area (Å²) in [6, 6.07) is 3.68. The summed E-state index contributed by atoms with van der Waals surface area (Å²) >= 11 is 0. The van der Waals surface area contributed by atoms with Gasteiger partial charge in [0.1, 0.15) is 5.82 Å². The van der Waals surface area contributed by atoms with Gasteiger partial charge in [-0.1, -0.05) is 18.9 Å². The molecule has 1 fully saturated rings. The molecular formula is C20H32N6O2. The summed E-state index contributed by atoms with van der Waals surface area (Å²) in [4.78, 5) is 34.7. The Labute approximate surface area is 167 Å². The summed E-state index contributed by atoms with van der Waals surface area (Å²) in [5.41, 5.74) is 0.678. The first-order valence-electron chi connectivity index (χ1n) is 9.75. The van der Waals surface area contributed by atoms with Crippen LogP contribution < -0.4 is 16.0 Å². The number of rotatable bonds is 7. The van der Waals surface area contributed by atoms with E-state index in [2.05, 4.69) is 25.9 Å². The molecule has 0 spiro atoms. The summed E-state index contributed by atoms with van der Waals surface area (Å²) in [5, 5.41) is 9.17. The van der Waals surface area contributed by atoms with Crippen LogP contribution in [-0.2, 0) is 9.59 Å². The predicted octanol–water partition coefficient (Wildman–Crippen LogP) is 1.53. The van der Waals surface area contributed by atoms with E-state index < -0.39 is 0 Å². The van der Waals surface area contributed by atoms with E-state index in [1.165, 1.54) is 0 Å². The van der Waals surface area contributed by atoms with Crippen molar-refractivity contribution in [2.24, 2.45) is 10.4 Å². The molecular weight excluding hydrogens is 356 g/mol. The smallest absolute Gasteiger partial charge is 0.230 e. The Morgan fingerprint density at radius 2 is 1.93 bits per heavy atom. The monoisotopic (exact) mass is 388 g/mol. The minimum atomic E-state index is -0.365. The van der Waals surface area contributed by atoms with Crippen molar-refractivity contribution in [3.8, 4) is 0 Å². The predicted molar refractivity (Wildman–Crippen MR) is 111 cm³/mol. The molecule has 1 aromatic heterocycles. The lowest BCUT2D eigenvalue weighted by molar-refractivity contribution is -0.138. The normalized spacial score (nSPS) is 15.8. The van der Waals surface area contributed by atoms with Gasteiger partial charge < -0.3 is 20.9 Å². The molecule has 1 aliphatic carbocycles. The highest BCUT2D eigenvalue weighted by Crippen LogP contribution is 2.38. The maximum Gasteiger partial charge on any atom is 0.230 e. The Morgan fingerprint density at radius 1 is 1.21 bits per heavy atom. The molecule has 0 radical (unpaired) electrons. The highest BCUT2D eigenvalue weighted by Gasteiger charge is 2.42. The van der Waals surface area contributed by atoms with E-state index in [0.29, 0.717) is 24.9 Å². The highest BCUT2D eigenvalue weighted by atomic mass is 16.2. The zero-order chi connectivity index (χ0) is 20.6. The largest absolute Gasteiger partial charge is 0.356 e. The van der Waals surface area contributed by atoms with Gasteiger partial charge in [-0.15, -0.1) is 0 Å². The van der Waals surface area contributed by atoms with Crippen LogP contribution in [0.2, 0.25) is 0 Å². The van der Waals surface area contributed by atoms with E-state index >= 15 is 0 Å². The molecule has 0 saturated heterocycles. The quantitative estimate of drug-likeness (QED) is 0.486. The fraction of sp³-hybridized carbons (Fsp3) is 0.600. The molecule has 0 bridgehead atoms. The van der Waals surface area contributed by atoms with Gasteiger partial charge >= 0.3 is 0 Å². The number of aliphatic imine (C=N–C) groups is 1. The topological polar surface area (TPSA) is 98.7 Å². The second-order valence-corrected chi connectivity index (χ2v) is 7.56. The Hall–Kier alpha value is -2.64. The van der Waals surface area contributed by atoms with Gasteiger partial charge in [0.2, 0.25) is 11.8 Å². The number of nitrogens with zero attached hydrogens (tertiary/aromatic N) is 3. The first kappa shape index (κ1) is 21.7. The van der Waals surface area contributed by atoms with Crippen LogP contribution in [0, 0.1) is 12.3 Å². The average Bonchev–Trinajstić information content (AvgIpc) is 3.15. The minimum absolute atomic E-state index is 0.116. The number of amides is 2. The summed E-state index contributed by atoms with van der Waals surface area (Å²) in [6.45, 7) is 2.93. The van der Waals surface area contributed by atoms with Crippen molar-refractivity contribution in [1.82, 2.24) is 20.5 Å². The zero-order valence-corrected chi connectivity index (χ0v) is 17.3. The van der Waals surface area contributed by atoms with Crippen molar-refractivity contribution in [1.29, 1.82) is 0 Å². The van der Waals surface area contributed by atoms with Gasteiger partial charge in [0.15, 0.2) is 5.96 Å². The fourth-order valence-electron chi connectivity index (χ4n) is 3.51. The number of guanidine groups is 1. The minimum Gasteiger partial charge on any atom is -0.356 e. The van der Waals surface area contributed by atoms with E-state index in [-0.39, 0.29) is 23.7 Å². The van der Waals surface area contributed by atoms with Crippen LogP contribution in [0.15, 0.2) is 23.3 Å². The molecule has 2 amide bonds. The van der Waals surface area contributed by atoms with E-state index in [4.69, 9.17) is 0 Å². The number of nitrogens with one attached hydrogen (secondary N) is 3. The summed E-state index contributed by atoms with van der Waals surface area (Å²) in [6.07, 6.45) is 5.92. The third-order valence-electron chi connectivity index (χ3n) is 5.06. The highest BCUT2D eigenvalue weighted by molar-refractivity contribution is 5.90. The Morgan fingerprint density at radius 3 is 2.50 bits per heavy atom. The van der Waals surface area contributed by atoms with Crippen molar-refractivity contribution in [2.75, 3.05) is 39.5 Å². The van der Waals surface area contributed by atoms with Crippen LogP contribution in [0.1, 0.15) is 37.7 Å². The van der Waals surface area contributed by atoms with Crippen LogP contribution >= 0.6 is 0 Å². The van der Waals surface area contributed by atoms with Crippen LogP contribution in [0.3, 0.4) is 0 Å². The van der Waals surface area contributed by atoms with Crippen LogP contribution in [0.5, 0.6) is 0 Å². The molecule has 8 heteroatoms. The Kier molecular flexibility index (Phi) is 7.78. The molecule has 154 valence electrons. The number of pyridine rings is 1. The molecule has 0 aliphatic heterocycles. The van der Waals surface area contributed by atoms with Gasteiger partial charge in [0.25, 0.3) is 0 Å². The number of hydrogen-bond acceptors (Lipinski definition) is 4. The lowest BCUT2D eigenvalue weighted by Crippen LogP contribution is -2.49. The number of carbonyl (C=O) groups excluding carboxylic acids is 2. The first-order chi connectivity index (χ1) is 13.4. The van der Waals surface area contributed by atoms with Gasteiger partial charge in [-0.3, -0.25) is 14.6 Å². The van der Waals surface area contributed by atoms with Gasteiger partial charge in [-0.25, -0.2) is 4.98 Å². The van der Waals surface area contributed by atoms with Crippen LogP contribution in [0.4, 0.5) is 5.82 Å². The molecule has 1 saturated carbocycles. The molecule has 2 rings (SSSR count). The standard InChI is InChI=1S/C20H32N6O2/c1-15-7-8-16(23-13-15)25-17(27)9-12-22-19(21-2)24-14-20(10-5-6-11-20)18(28)26(3)4/h7-8,13H,5-6,9-12,14H2,1-4H3,(H2,21,22,24)(H,23,25,27). The van der Waals surface area contributed by atoms with Crippen molar-refractivity contribution >= 4 is 23.6 Å². The van der Waals surface area contributed by atoms with Gasteiger partial charge in [-0.05, 0) is 31.4 Å². The van der Waals surface area contributed by atoms with E-state index in [9.17, 15) is 9.59 Å². The van der Waals surface area contributed by atoms with Crippen molar-refractivity contribution in [3.05, 3.63) is 23.9 Å². The first-order valence-corrected chi connectivity index (χ1v) is 9.75. The molecule has 1 aromatic rings. The molecule has 0 atom stereocenters. The SMILES string of the molecule is CN=C(NCCC(=O)Nc1ccc(C)cn1)NCC1(C(=O)N(C)C)CCCC1. The third kappa shape index (κ3) is 5.94. The number of aromatic nitrogens is 1. The zero-order valence-electron chi connectivity index (χ0n) is 17.3. The fourth-order valence-corrected chi connectivity index (χ4v) is 3.51. The molecule has 3 N–H and O–H groups in total. The molecule has 0 aromatic carbocycles. The van der Waals surface area contributed by atoms with Gasteiger partial charge in [0, 0.05) is 46.9 Å².